The monoisotopic (exact) mass is 441 g/mol. The molecule has 0 heterocycles. The van der Waals surface area contributed by atoms with Crippen molar-refractivity contribution in [2.45, 2.75) is 16.7 Å². The average Bonchev–Trinajstić information content (AvgIpc) is 2.71. The lowest BCUT2D eigenvalue weighted by atomic mass is 10.1. The van der Waals surface area contributed by atoms with Crippen LogP contribution in [0.3, 0.4) is 0 Å². The maximum atomic E-state index is 13.1. The van der Waals surface area contributed by atoms with Gasteiger partial charge in [0.1, 0.15) is 5.82 Å². The van der Waals surface area contributed by atoms with Crippen LogP contribution in [0.15, 0.2) is 76.5 Å². The lowest BCUT2D eigenvalue weighted by Gasteiger charge is -2.09. The molecule has 0 saturated carbocycles. The van der Waals surface area contributed by atoms with Gasteiger partial charge in [-0.3, -0.25) is 4.79 Å². The number of aromatic carboxylic acids is 1. The van der Waals surface area contributed by atoms with E-state index in [-0.39, 0.29) is 11.4 Å². The van der Waals surface area contributed by atoms with E-state index < -0.39 is 11.9 Å². The van der Waals surface area contributed by atoms with Crippen LogP contribution in [0.4, 0.5) is 10.1 Å². The Morgan fingerprint density at radius 1 is 1.10 bits per heavy atom. The minimum Gasteiger partial charge on any atom is -0.478 e. The molecule has 152 valence electrons. The van der Waals surface area contributed by atoms with Gasteiger partial charge in [0, 0.05) is 26.6 Å². The van der Waals surface area contributed by atoms with E-state index in [1.54, 1.807) is 36.4 Å². The third-order valence-corrected chi connectivity index (χ3v) is 5.62. The highest BCUT2D eigenvalue weighted by Gasteiger charge is 2.08. The first-order valence-electron chi connectivity index (χ1n) is 8.88. The first-order valence-corrected chi connectivity index (χ1v) is 10.1. The molecule has 0 unspecified atom stereocenters. The minimum atomic E-state index is -1.07. The Labute approximate surface area is 182 Å². The first kappa shape index (κ1) is 21.6. The molecule has 0 saturated heterocycles. The summed E-state index contributed by atoms with van der Waals surface area (Å²) < 4.78 is 13.1. The van der Waals surface area contributed by atoms with Crippen LogP contribution in [0.5, 0.6) is 0 Å². The van der Waals surface area contributed by atoms with Gasteiger partial charge in [-0.2, -0.15) is 0 Å². The molecular weight excluding hydrogens is 425 g/mol. The lowest BCUT2D eigenvalue weighted by molar-refractivity contribution is -0.111. The highest BCUT2D eigenvalue weighted by molar-refractivity contribution is 7.99. The summed E-state index contributed by atoms with van der Waals surface area (Å²) in [7, 11) is 0. The molecule has 2 N–H and O–H groups in total. The Kier molecular flexibility index (Phi) is 6.92. The van der Waals surface area contributed by atoms with Crippen LogP contribution in [0.25, 0.3) is 6.08 Å². The molecule has 0 aliphatic heterocycles. The second kappa shape index (κ2) is 9.61. The number of anilines is 1. The van der Waals surface area contributed by atoms with Gasteiger partial charge in [-0.15, -0.1) is 0 Å². The number of hydrogen-bond donors (Lipinski definition) is 2. The number of carbonyl (C=O) groups excluding carboxylic acids is 1. The zero-order valence-electron chi connectivity index (χ0n) is 15.9. The second-order valence-electron chi connectivity index (χ2n) is 6.40. The number of carboxylic acids is 1. The van der Waals surface area contributed by atoms with E-state index in [1.807, 2.05) is 13.0 Å². The summed E-state index contributed by atoms with van der Waals surface area (Å²) in [5.41, 5.74) is 2.11. The number of amides is 1. The summed E-state index contributed by atoms with van der Waals surface area (Å²) in [5.74, 6) is -1.76. The normalized spacial score (nSPS) is 10.9. The molecule has 0 spiro atoms. The Morgan fingerprint density at radius 2 is 1.83 bits per heavy atom. The molecule has 0 radical (unpaired) electrons. The van der Waals surface area contributed by atoms with Gasteiger partial charge in [-0.05, 0) is 78.7 Å². The highest BCUT2D eigenvalue weighted by Crippen LogP contribution is 2.34. The Morgan fingerprint density at radius 3 is 2.53 bits per heavy atom. The second-order valence-corrected chi connectivity index (χ2v) is 7.93. The molecule has 3 rings (SSSR count). The van der Waals surface area contributed by atoms with Gasteiger partial charge in [-0.1, -0.05) is 29.4 Å². The molecule has 0 atom stereocenters. The summed E-state index contributed by atoms with van der Waals surface area (Å²) in [6, 6.07) is 15.9. The van der Waals surface area contributed by atoms with Crippen molar-refractivity contribution in [1.29, 1.82) is 0 Å². The quantitative estimate of drug-likeness (QED) is 0.441. The number of benzene rings is 3. The van der Waals surface area contributed by atoms with Crippen molar-refractivity contribution in [2.75, 3.05) is 5.32 Å². The van der Waals surface area contributed by atoms with Crippen molar-refractivity contribution in [1.82, 2.24) is 0 Å². The molecule has 3 aromatic carbocycles. The molecule has 3 aromatic rings. The summed E-state index contributed by atoms with van der Waals surface area (Å²) >= 11 is 7.84. The van der Waals surface area contributed by atoms with Crippen molar-refractivity contribution in [3.05, 3.63) is 94.3 Å². The molecule has 30 heavy (non-hydrogen) atoms. The highest BCUT2D eigenvalue weighted by atomic mass is 35.5. The maximum absolute atomic E-state index is 13.1. The fourth-order valence-electron chi connectivity index (χ4n) is 2.63. The zero-order valence-corrected chi connectivity index (χ0v) is 17.4. The Bertz CT molecular complexity index is 1130. The van der Waals surface area contributed by atoms with Crippen molar-refractivity contribution < 1.29 is 19.1 Å². The first-order chi connectivity index (χ1) is 14.3. The lowest BCUT2D eigenvalue weighted by Crippen LogP contribution is -2.08. The molecule has 0 fully saturated rings. The van der Waals surface area contributed by atoms with E-state index in [9.17, 15) is 14.0 Å². The smallest absolute Gasteiger partial charge is 0.335 e. The van der Waals surface area contributed by atoms with Gasteiger partial charge in [0.05, 0.1) is 5.56 Å². The predicted octanol–water partition coefficient (Wildman–Crippen LogP) is 6.29. The molecule has 7 heteroatoms. The van der Waals surface area contributed by atoms with Gasteiger partial charge < -0.3 is 10.4 Å². The Hall–Kier alpha value is -3.09. The summed E-state index contributed by atoms with van der Waals surface area (Å²) in [6.45, 7) is 1.93. The molecule has 0 aliphatic rings. The van der Waals surface area contributed by atoms with Gasteiger partial charge in [0.15, 0.2) is 0 Å². The standard InChI is InChI=1S/C23H17ClFNO3S/c1-14-11-15(20(24)13-21(14)30-19-8-6-17(25)7-9-19)5-10-22(27)26-18-4-2-3-16(12-18)23(28)29/h2-13H,1H3,(H,26,27)(H,28,29)/b10-5+. The number of aryl methyl sites for hydroxylation is 1. The number of halogens is 2. The average molecular weight is 442 g/mol. The number of nitrogens with one attached hydrogen (secondary N) is 1. The van der Waals surface area contributed by atoms with Gasteiger partial charge in [0.2, 0.25) is 5.91 Å². The zero-order chi connectivity index (χ0) is 21.7. The molecule has 4 nitrogen and oxygen atoms in total. The van der Waals surface area contributed by atoms with Gasteiger partial charge >= 0.3 is 5.97 Å². The van der Waals surface area contributed by atoms with Crippen LogP contribution in [-0.4, -0.2) is 17.0 Å². The molecule has 0 aliphatic carbocycles. The SMILES string of the molecule is Cc1cc(/C=C/C(=O)Nc2cccc(C(=O)O)c2)c(Cl)cc1Sc1ccc(F)cc1. The van der Waals surface area contributed by atoms with Crippen molar-refractivity contribution in [2.24, 2.45) is 0 Å². The third-order valence-electron chi connectivity index (χ3n) is 4.13. The molecule has 0 bridgehead atoms. The number of rotatable bonds is 6. The van der Waals surface area contributed by atoms with Crippen LogP contribution < -0.4 is 5.32 Å². The van der Waals surface area contributed by atoms with Crippen molar-refractivity contribution >= 4 is 47.0 Å². The van der Waals surface area contributed by atoms with Crippen molar-refractivity contribution in [3.63, 3.8) is 0 Å². The summed E-state index contributed by atoms with van der Waals surface area (Å²) in [4.78, 5) is 25.0. The fraction of sp³-hybridized carbons (Fsp3) is 0.0435. The molecule has 1 amide bonds. The topological polar surface area (TPSA) is 66.4 Å². The molecular formula is C23H17ClFNO3S. The van der Waals surface area contributed by atoms with Crippen LogP contribution >= 0.6 is 23.4 Å². The minimum absolute atomic E-state index is 0.0877. The third kappa shape index (κ3) is 5.72. The van der Waals surface area contributed by atoms with E-state index in [0.29, 0.717) is 16.3 Å². The van der Waals surface area contributed by atoms with Crippen LogP contribution in [0.1, 0.15) is 21.5 Å². The predicted molar refractivity (Wildman–Crippen MR) is 118 cm³/mol. The van der Waals surface area contributed by atoms with Gasteiger partial charge in [-0.25, -0.2) is 9.18 Å². The van der Waals surface area contributed by atoms with Gasteiger partial charge in [0.25, 0.3) is 0 Å². The van der Waals surface area contributed by atoms with E-state index in [2.05, 4.69) is 5.32 Å². The van der Waals surface area contributed by atoms with Crippen LogP contribution in [0, 0.1) is 12.7 Å². The van der Waals surface area contributed by atoms with E-state index >= 15 is 0 Å². The largest absolute Gasteiger partial charge is 0.478 e. The van der Waals surface area contributed by atoms with E-state index in [0.717, 1.165) is 15.4 Å². The van der Waals surface area contributed by atoms with E-state index in [1.165, 1.54) is 42.1 Å². The number of carbonyl (C=O) groups is 2. The Balaban J connectivity index is 1.71. The van der Waals surface area contributed by atoms with Crippen LogP contribution in [-0.2, 0) is 4.79 Å². The molecule has 0 aromatic heterocycles. The van der Waals surface area contributed by atoms with E-state index in [4.69, 9.17) is 16.7 Å². The summed E-state index contributed by atoms with van der Waals surface area (Å²) in [5, 5.41) is 12.1. The number of carboxylic acid groups (broad SMARTS) is 1. The number of hydrogen-bond acceptors (Lipinski definition) is 3. The van der Waals surface area contributed by atoms with Crippen LogP contribution in [0.2, 0.25) is 5.02 Å². The maximum Gasteiger partial charge on any atom is 0.335 e. The summed E-state index contributed by atoms with van der Waals surface area (Å²) in [6.07, 6.45) is 2.93. The fourth-order valence-corrected chi connectivity index (χ4v) is 3.85. The van der Waals surface area contributed by atoms with Crippen molar-refractivity contribution in [3.8, 4) is 0 Å².